The second-order valence-corrected chi connectivity index (χ2v) is 8.55. The number of benzene rings is 1. The van der Waals surface area contributed by atoms with Gasteiger partial charge >= 0.3 is 0 Å². The van der Waals surface area contributed by atoms with E-state index >= 15 is 0 Å². The van der Waals surface area contributed by atoms with E-state index in [0.717, 1.165) is 54.7 Å². The van der Waals surface area contributed by atoms with Crippen molar-refractivity contribution < 1.29 is 4.79 Å². The van der Waals surface area contributed by atoms with Crippen LogP contribution in [0.25, 0.3) is 10.6 Å². The van der Waals surface area contributed by atoms with Gasteiger partial charge in [-0.05, 0) is 24.7 Å². The Balaban J connectivity index is 1.29. The van der Waals surface area contributed by atoms with Gasteiger partial charge in [0, 0.05) is 49.9 Å². The maximum atomic E-state index is 12.2. The van der Waals surface area contributed by atoms with E-state index in [1.807, 2.05) is 23.6 Å². The van der Waals surface area contributed by atoms with E-state index in [1.165, 1.54) is 5.56 Å². The number of amides is 1. The van der Waals surface area contributed by atoms with E-state index in [1.54, 1.807) is 17.5 Å². The predicted molar refractivity (Wildman–Crippen MR) is 120 cm³/mol. The van der Waals surface area contributed by atoms with Crippen LogP contribution in [0.5, 0.6) is 0 Å². The van der Waals surface area contributed by atoms with E-state index in [4.69, 9.17) is 0 Å². The molecule has 2 aromatic heterocycles. The summed E-state index contributed by atoms with van der Waals surface area (Å²) in [6, 6.07) is 14.3. The van der Waals surface area contributed by atoms with Crippen molar-refractivity contribution >= 4 is 17.2 Å². The average molecular weight is 422 g/mol. The zero-order chi connectivity index (χ0) is 20.8. The minimum Gasteiger partial charge on any atom is -0.350 e. The van der Waals surface area contributed by atoms with Gasteiger partial charge in [0.05, 0.1) is 24.4 Å². The molecule has 1 aliphatic rings. The summed E-state index contributed by atoms with van der Waals surface area (Å²) in [5, 5.41) is 5.82. The van der Waals surface area contributed by atoms with Crippen LogP contribution in [0.15, 0.2) is 54.0 Å². The Hall–Kier alpha value is -2.61. The molecule has 4 rings (SSSR count). The third-order valence-corrected chi connectivity index (χ3v) is 6.23. The van der Waals surface area contributed by atoms with Gasteiger partial charge in [-0.25, -0.2) is 4.98 Å². The monoisotopic (exact) mass is 421 g/mol. The summed E-state index contributed by atoms with van der Waals surface area (Å²) >= 11 is 1.58. The molecule has 1 aromatic carbocycles. The molecule has 0 unspecified atom stereocenters. The zero-order valence-electron chi connectivity index (χ0n) is 17.3. The highest BCUT2D eigenvalue weighted by Crippen LogP contribution is 2.24. The highest BCUT2D eigenvalue weighted by molar-refractivity contribution is 7.13. The number of carbonyl (C=O) groups excluding carboxylic acids is 1. The van der Waals surface area contributed by atoms with Crippen molar-refractivity contribution in [2.45, 2.75) is 19.5 Å². The highest BCUT2D eigenvalue weighted by atomic mass is 32.1. The third kappa shape index (κ3) is 5.72. The highest BCUT2D eigenvalue weighted by Gasteiger charge is 2.14. The number of piperazine rings is 1. The SMILES string of the molecule is CN1CCN(Cc2ccc(-c3nc(CC(=O)NCc4ccccn4)cs3)cc2)CC1. The number of hydrogen-bond donors (Lipinski definition) is 1. The van der Waals surface area contributed by atoms with Crippen molar-refractivity contribution in [2.24, 2.45) is 0 Å². The van der Waals surface area contributed by atoms with E-state index in [0.29, 0.717) is 6.54 Å². The predicted octanol–water partition coefficient (Wildman–Crippen LogP) is 2.81. The maximum Gasteiger partial charge on any atom is 0.226 e. The molecule has 6 nitrogen and oxygen atoms in total. The molecule has 30 heavy (non-hydrogen) atoms. The Kier molecular flexibility index (Phi) is 6.84. The van der Waals surface area contributed by atoms with Gasteiger partial charge in [0.25, 0.3) is 0 Å². The average Bonchev–Trinajstić information content (AvgIpc) is 3.23. The van der Waals surface area contributed by atoms with Gasteiger partial charge in [-0.3, -0.25) is 14.7 Å². The van der Waals surface area contributed by atoms with Crippen LogP contribution >= 0.6 is 11.3 Å². The Labute approximate surface area is 181 Å². The lowest BCUT2D eigenvalue weighted by Gasteiger charge is -2.32. The molecule has 0 radical (unpaired) electrons. The number of aromatic nitrogens is 2. The van der Waals surface area contributed by atoms with Crippen LogP contribution in [-0.4, -0.2) is 58.9 Å². The lowest BCUT2D eigenvalue weighted by atomic mass is 10.1. The van der Waals surface area contributed by atoms with E-state index in [9.17, 15) is 4.79 Å². The van der Waals surface area contributed by atoms with Crippen molar-refractivity contribution in [1.82, 2.24) is 25.1 Å². The summed E-state index contributed by atoms with van der Waals surface area (Å²) in [7, 11) is 2.18. The van der Waals surface area contributed by atoms with Crippen molar-refractivity contribution in [2.75, 3.05) is 33.2 Å². The fourth-order valence-corrected chi connectivity index (χ4v) is 4.28. The molecule has 156 valence electrons. The van der Waals surface area contributed by atoms with Crippen molar-refractivity contribution in [3.8, 4) is 10.6 Å². The van der Waals surface area contributed by atoms with E-state index in [-0.39, 0.29) is 12.3 Å². The van der Waals surface area contributed by atoms with Gasteiger partial charge in [0.15, 0.2) is 0 Å². The number of nitrogens with one attached hydrogen (secondary N) is 1. The first-order valence-electron chi connectivity index (χ1n) is 10.3. The number of rotatable bonds is 7. The minimum atomic E-state index is -0.0416. The number of hydrogen-bond acceptors (Lipinski definition) is 6. The summed E-state index contributed by atoms with van der Waals surface area (Å²) in [5.41, 5.74) is 4.08. The van der Waals surface area contributed by atoms with Crippen LogP contribution in [0.4, 0.5) is 0 Å². The zero-order valence-corrected chi connectivity index (χ0v) is 18.1. The van der Waals surface area contributed by atoms with Crippen LogP contribution < -0.4 is 5.32 Å². The molecule has 0 aliphatic carbocycles. The molecule has 3 heterocycles. The fraction of sp³-hybridized carbons (Fsp3) is 0.348. The van der Waals surface area contributed by atoms with Crippen LogP contribution in [0, 0.1) is 0 Å². The van der Waals surface area contributed by atoms with Crippen molar-refractivity contribution in [3.05, 3.63) is 71.0 Å². The first-order valence-corrected chi connectivity index (χ1v) is 11.1. The first-order chi connectivity index (χ1) is 14.7. The molecule has 0 bridgehead atoms. The van der Waals surface area contributed by atoms with Gasteiger partial charge < -0.3 is 10.2 Å². The largest absolute Gasteiger partial charge is 0.350 e. The Morgan fingerprint density at radius 1 is 1.07 bits per heavy atom. The molecule has 1 saturated heterocycles. The van der Waals surface area contributed by atoms with Crippen LogP contribution in [0.1, 0.15) is 17.0 Å². The topological polar surface area (TPSA) is 61.4 Å². The summed E-state index contributed by atoms with van der Waals surface area (Å²) in [6.07, 6.45) is 2.01. The number of pyridine rings is 1. The van der Waals surface area contributed by atoms with Gasteiger partial charge in [-0.15, -0.1) is 11.3 Å². The van der Waals surface area contributed by atoms with E-state index < -0.39 is 0 Å². The lowest BCUT2D eigenvalue weighted by Crippen LogP contribution is -2.43. The molecule has 0 spiro atoms. The molecular formula is C23H27N5OS. The molecule has 1 amide bonds. The summed E-state index contributed by atoms with van der Waals surface area (Å²) in [5.74, 6) is -0.0416. The molecule has 0 saturated carbocycles. The second-order valence-electron chi connectivity index (χ2n) is 7.69. The Bertz CT molecular complexity index is 949. The van der Waals surface area contributed by atoms with Gasteiger partial charge in [0.2, 0.25) is 5.91 Å². The molecule has 3 aromatic rings. The Morgan fingerprint density at radius 2 is 1.87 bits per heavy atom. The van der Waals surface area contributed by atoms with Crippen molar-refractivity contribution in [1.29, 1.82) is 0 Å². The maximum absolute atomic E-state index is 12.2. The number of likely N-dealkylation sites (N-methyl/N-ethyl adjacent to an activating group) is 1. The molecule has 1 aliphatic heterocycles. The van der Waals surface area contributed by atoms with Crippen LogP contribution in [0.3, 0.4) is 0 Å². The smallest absolute Gasteiger partial charge is 0.226 e. The third-order valence-electron chi connectivity index (χ3n) is 5.29. The second kappa shape index (κ2) is 9.93. The quantitative estimate of drug-likeness (QED) is 0.636. The minimum absolute atomic E-state index is 0.0416. The number of thiazole rings is 1. The number of carbonyl (C=O) groups is 1. The summed E-state index contributed by atoms with van der Waals surface area (Å²) < 4.78 is 0. The normalized spacial score (nSPS) is 15.2. The first kappa shape index (κ1) is 20.7. The van der Waals surface area contributed by atoms with Crippen LogP contribution in [0.2, 0.25) is 0 Å². The molecule has 7 heteroatoms. The van der Waals surface area contributed by atoms with Gasteiger partial charge in [0.1, 0.15) is 5.01 Å². The lowest BCUT2D eigenvalue weighted by molar-refractivity contribution is -0.120. The van der Waals surface area contributed by atoms with Gasteiger partial charge in [-0.2, -0.15) is 0 Å². The van der Waals surface area contributed by atoms with E-state index in [2.05, 4.69) is 56.4 Å². The molecular weight excluding hydrogens is 394 g/mol. The molecule has 1 fully saturated rings. The van der Waals surface area contributed by atoms with Gasteiger partial charge in [-0.1, -0.05) is 30.3 Å². The number of nitrogens with zero attached hydrogens (tertiary/aromatic N) is 4. The van der Waals surface area contributed by atoms with Crippen LogP contribution in [-0.2, 0) is 24.3 Å². The fourth-order valence-electron chi connectivity index (χ4n) is 3.46. The summed E-state index contributed by atoms with van der Waals surface area (Å²) in [4.78, 5) is 25.9. The molecule has 1 N–H and O–H groups in total. The molecule has 0 atom stereocenters. The standard InChI is InChI=1S/C23H27N5OS/c1-27-10-12-28(13-11-27)16-18-5-7-19(8-6-18)23-26-21(17-30-23)14-22(29)25-15-20-4-2-3-9-24-20/h2-9,17H,10-16H2,1H3,(H,25,29). The summed E-state index contributed by atoms with van der Waals surface area (Å²) in [6.45, 7) is 5.94. The van der Waals surface area contributed by atoms with Crippen molar-refractivity contribution in [3.63, 3.8) is 0 Å². The Morgan fingerprint density at radius 3 is 2.60 bits per heavy atom.